The first-order chi connectivity index (χ1) is 16.6. The number of nitrogens with two attached hydrogens (primary N) is 1. The number of allylic oxidation sites excluding steroid dienone is 3. The highest BCUT2D eigenvalue weighted by molar-refractivity contribution is 5.93. The maximum Gasteiger partial charge on any atom is 0.174 e. The molecule has 2 aromatic carbocycles. The predicted molar refractivity (Wildman–Crippen MR) is 137 cm³/mol. The van der Waals surface area contributed by atoms with Gasteiger partial charge in [0, 0.05) is 19.0 Å². The third-order valence-electron chi connectivity index (χ3n) is 6.01. The van der Waals surface area contributed by atoms with Gasteiger partial charge in [0.2, 0.25) is 0 Å². The monoisotopic (exact) mass is 452 g/mol. The van der Waals surface area contributed by atoms with Crippen LogP contribution in [0.4, 0.5) is 0 Å². The third-order valence-corrected chi connectivity index (χ3v) is 6.01. The molecule has 2 aromatic rings. The number of amidine groups is 1. The van der Waals surface area contributed by atoms with Gasteiger partial charge in [-0.3, -0.25) is 15.2 Å². The molecular formula is C27H28N6O. The molecule has 0 radical (unpaired) electrons. The molecule has 34 heavy (non-hydrogen) atoms. The molecule has 1 atom stereocenters. The summed E-state index contributed by atoms with van der Waals surface area (Å²) in [6, 6.07) is 18.5. The molecule has 0 saturated heterocycles. The van der Waals surface area contributed by atoms with Gasteiger partial charge in [0.1, 0.15) is 17.4 Å². The van der Waals surface area contributed by atoms with Crippen LogP contribution in [-0.4, -0.2) is 30.3 Å². The molecule has 7 heteroatoms. The van der Waals surface area contributed by atoms with Gasteiger partial charge in [0.15, 0.2) is 6.29 Å². The van der Waals surface area contributed by atoms with Gasteiger partial charge in [-0.25, -0.2) is 4.99 Å². The number of benzene rings is 2. The van der Waals surface area contributed by atoms with Crippen LogP contribution in [0.1, 0.15) is 24.5 Å². The van der Waals surface area contributed by atoms with E-state index >= 15 is 0 Å². The number of methoxy groups -OCH3 is 1. The van der Waals surface area contributed by atoms with Gasteiger partial charge in [0.25, 0.3) is 0 Å². The maximum absolute atomic E-state index is 6.03. The number of hydrogen-bond donors (Lipinski definition) is 3. The second-order valence-corrected chi connectivity index (χ2v) is 8.35. The molecule has 172 valence electrons. The summed E-state index contributed by atoms with van der Waals surface area (Å²) >= 11 is 0. The minimum Gasteiger partial charge on any atom is -0.497 e. The van der Waals surface area contributed by atoms with E-state index in [1.807, 2.05) is 54.9 Å². The minimum atomic E-state index is -0.260. The standard InChI is InChI=1S/C27H28N6O/c1-18-16-22(20-6-4-3-5-7-20)25(33-15-13-24(28)32-26(18)33)23-12-14-29-27(31-23)30-17-19-8-10-21(34-2)11-9-19/h3-15,27,30-31H,16-17H2,1-2H3,(H2,28,32). The van der Waals surface area contributed by atoms with Gasteiger partial charge in [-0.15, -0.1) is 0 Å². The molecule has 3 aliphatic rings. The molecule has 0 saturated carbocycles. The lowest BCUT2D eigenvalue weighted by molar-refractivity contribution is 0.414. The third kappa shape index (κ3) is 4.38. The molecule has 0 aliphatic carbocycles. The average Bonchev–Trinajstić information content (AvgIpc) is 2.88. The van der Waals surface area contributed by atoms with Crippen molar-refractivity contribution in [3.8, 4) is 5.75 Å². The molecular weight excluding hydrogens is 424 g/mol. The van der Waals surface area contributed by atoms with E-state index in [1.165, 1.54) is 16.7 Å². The zero-order valence-electron chi connectivity index (χ0n) is 19.3. The van der Waals surface area contributed by atoms with Gasteiger partial charge in [0.05, 0.1) is 18.5 Å². The summed E-state index contributed by atoms with van der Waals surface area (Å²) in [5.41, 5.74) is 12.8. The molecule has 5 rings (SSSR count). The fourth-order valence-corrected chi connectivity index (χ4v) is 4.31. The fraction of sp³-hybridized carbons (Fsp3) is 0.185. The van der Waals surface area contributed by atoms with Crippen molar-refractivity contribution in [2.75, 3.05) is 7.11 Å². The van der Waals surface area contributed by atoms with Crippen molar-refractivity contribution in [3.63, 3.8) is 0 Å². The highest BCUT2D eigenvalue weighted by Crippen LogP contribution is 2.40. The van der Waals surface area contributed by atoms with E-state index in [4.69, 9.17) is 10.5 Å². The molecule has 4 N–H and O–H groups in total. The lowest BCUT2D eigenvalue weighted by Crippen LogP contribution is -2.43. The summed E-state index contributed by atoms with van der Waals surface area (Å²) in [4.78, 5) is 11.3. The number of nitrogens with one attached hydrogen (secondary N) is 2. The van der Waals surface area contributed by atoms with E-state index in [1.54, 1.807) is 7.11 Å². The van der Waals surface area contributed by atoms with Crippen molar-refractivity contribution in [1.82, 2.24) is 15.5 Å². The van der Waals surface area contributed by atoms with Crippen LogP contribution in [0.3, 0.4) is 0 Å². The second kappa shape index (κ2) is 9.41. The summed E-state index contributed by atoms with van der Waals surface area (Å²) in [5.74, 6) is 2.24. The Morgan fingerprint density at radius 3 is 2.71 bits per heavy atom. The Morgan fingerprint density at radius 1 is 1.15 bits per heavy atom. The van der Waals surface area contributed by atoms with Crippen LogP contribution in [0.15, 0.2) is 106 Å². The predicted octanol–water partition coefficient (Wildman–Crippen LogP) is 3.86. The number of rotatable bonds is 6. The first-order valence-electron chi connectivity index (χ1n) is 11.3. The van der Waals surface area contributed by atoms with Gasteiger partial charge >= 0.3 is 0 Å². The smallest absolute Gasteiger partial charge is 0.174 e. The van der Waals surface area contributed by atoms with Gasteiger partial charge < -0.3 is 15.8 Å². The van der Waals surface area contributed by atoms with Crippen molar-refractivity contribution in [2.24, 2.45) is 15.7 Å². The summed E-state index contributed by atoms with van der Waals surface area (Å²) in [6.07, 6.45) is 8.22. The molecule has 0 bridgehead atoms. The Hall–Kier alpha value is -4.10. The van der Waals surface area contributed by atoms with Gasteiger partial charge in [-0.05, 0) is 59.9 Å². The minimum absolute atomic E-state index is 0.260. The topological polar surface area (TPSA) is 87.3 Å². The normalized spacial score (nSPS) is 19.5. The van der Waals surface area contributed by atoms with Crippen LogP contribution in [0.2, 0.25) is 0 Å². The summed E-state index contributed by atoms with van der Waals surface area (Å²) < 4.78 is 5.25. The fourth-order valence-electron chi connectivity index (χ4n) is 4.31. The molecule has 0 spiro atoms. The summed E-state index contributed by atoms with van der Waals surface area (Å²) in [6.45, 7) is 2.78. The van der Waals surface area contributed by atoms with Crippen LogP contribution in [0.5, 0.6) is 5.75 Å². The number of nitrogens with zero attached hydrogens (tertiary/aromatic N) is 3. The zero-order chi connectivity index (χ0) is 23.5. The van der Waals surface area contributed by atoms with Crippen LogP contribution < -0.4 is 21.1 Å². The first kappa shape index (κ1) is 21.7. The van der Waals surface area contributed by atoms with Crippen LogP contribution >= 0.6 is 0 Å². The lowest BCUT2D eigenvalue weighted by atomic mass is 9.91. The van der Waals surface area contributed by atoms with Crippen LogP contribution in [0.25, 0.3) is 5.57 Å². The number of ether oxygens (including phenoxy) is 1. The molecule has 0 fully saturated rings. The molecule has 0 aromatic heterocycles. The van der Waals surface area contributed by atoms with E-state index in [0.29, 0.717) is 12.4 Å². The Labute approximate surface area is 199 Å². The number of fused-ring (bicyclic) bond motifs is 1. The SMILES string of the molecule is COc1ccc(CNC2N=CC=C(C3=C(c4ccccc4)CC(C)=C4N=C(N)C=CN43)N2)cc1. The zero-order valence-corrected chi connectivity index (χ0v) is 19.3. The van der Waals surface area contributed by atoms with Crippen molar-refractivity contribution in [3.05, 3.63) is 107 Å². The Bertz CT molecular complexity index is 1250. The molecule has 7 nitrogen and oxygen atoms in total. The molecule has 3 heterocycles. The first-order valence-corrected chi connectivity index (χ1v) is 11.3. The number of hydrogen-bond acceptors (Lipinski definition) is 7. The Kier molecular flexibility index (Phi) is 6.01. The van der Waals surface area contributed by atoms with E-state index in [0.717, 1.165) is 34.9 Å². The van der Waals surface area contributed by atoms with Gasteiger partial charge in [-0.2, -0.15) is 0 Å². The summed E-state index contributed by atoms with van der Waals surface area (Å²) in [7, 11) is 1.67. The van der Waals surface area contributed by atoms with E-state index in [9.17, 15) is 0 Å². The van der Waals surface area contributed by atoms with Crippen molar-refractivity contribution in [2.45, 2.75) is 26.2 Å². The van der Waals surface area contributed by atoms with E-state index in [-0.39, 0.29) is 6.29 Å². The van der Waals surface area contributed by atoms with Gasteiger partial charge in [-0.1, -0.05) is 42.5 Å². The van der Waals surface area contributed by atoms with Crippen LogP contribution in [-0.2, 0) is 6.54 Å². The largest absolute Gasteiger partial charge is 0.497 e. The van der Waals surface area contributed by atoms with E-state index < -0.39 is 0 Å². The van der Waals surface area contributed by atoms with E-state index in [2.05, 4.69) is 56.7 Å². The average molecular weight is 453 g/mol. The van der Waals surface area contributed by atoms with Crippen molar-refractivity contribution in [1.29, 1.82) is 0 Å². The second-order valence-electron chi connectivity index (χ2n) is 8.35. The van der Waals surface area contributed by atoms with Crippen molar-refractivity contribution >= 4 is 17.6 Å². The maximum atomic E-state index is 6.03. The molecule has 3 aliphatic heterocycles. The number of aliphatic imine (C=N–C) groups is 2. The van der Waals surface area contributed by atoms with Crippen LogP contribution in [0, 0.1) is 0 Å². The van der Waals surface area contributed by atoms with Crippen molar-refractivity contribution < 1.29 is 4.74 Å². The Morgan fingerprint density at radius 2 is 1.94 bits per heavy atom. The highest BCUT2D eigenvalue weighted by atomic mass is 16.5. The quantitative estimate of drug-likeness (QED) is 0.620. The Balaban J connectivity index is 1.42. The lowest BCUT2D eigenvalue weighted by Gasteiger charge is -2.37. The highest BCUT2D eigenvalue weighted by Gasteiger charge is 2.30. The summed E-state index contributed by atoms with van der Waals surface area (Å²) in [5, 5.41) is 7.04. The molecule has 0 amide bonds. The molecule has 1 unspecified atom stereocenters.